The summed E-state index contributed by atoms with van der Waals surface area (Å²) in [7, 11) is 0. The third-order valence-corrected chi connectivity index (χ3v) is 13.4. The molecule has 2 heterocycles. The van der Waals surface area contributed by atoms with Crippen LogP contribution >= 0.6 is 0 Å². The van der Waals surface area contributed by atoms with Crippen LogP contribution in [0.1, 0.15) is 0 Å². The Morgan fingerprint density at radius 1 is 0.167 bits per heavy atom. The van der Waals surface area contributed by atoms with E-state index in [-0.39, 0.29) is 0 Å². The third-order valence-electron chi connectivity index (χ3n) is 13.4. The van der Waals surface area contributed by atoms with E-state index in [0.717, 1.165) is 66.4 Å². The maximum absolute atomic E-state index is 5.08. The van der Waals surface area contributed by atoms with Crippen LogP contribution in [0, 0.1) is 0 Å². The van der Waals surface area contributed by atoms with E-state index < -0.39 is 0 Å². The molecule has 0 atom stereocenters. The monoisotopic (exact) mass is 918 g/mol. The van der Waals surface area contributed by atoms with Crippen molar-refractivity contribution < 1.29 is 0 Å². The van der Waals surface area contributed by atoms with E-state index in [1.165, 1.54) is 32.7 Å². The maximum Gasteiger partial charge on any atom is 0.164 e. The molecule has 0 N–H and O–H groups in total. The molecular weight excluding hydrogens is 877 g/mol. The molecule has 2 aromatic heterocycles. The summed E-state index contributed by atoms with van der Waals surface area (Å²) in [5.74, 6) is 3.86. The zero-order valence-electron chi connectivity index (χ0n) is 38.9. The van der Waals surface area contributed by atoms with E-state index >= 15 is 0 Å². The summed E-state index contributed by atoms with van der Waals surface area (Å²) in [5, 5.41) is 7.01. The lowest BCUT2D eigenvalue weighted by Gasteiger charge is -2.13. The Balaban J connectivity index is 0.790. The fourth-order valence-corrected chi connectivity index (χ4v) is 9.72. The zero-order chi connectivity index (χ0) is 47.8. The number of aromatic nitrogens is 6. The minimum Gasteiger partial charge on any atom is -0.208 e. The predicted molar refractivity (Wildman–Crippen MR) is 295 cm³/mol. The second-order valence-corrected chi connectivity index (χ2v) is 17.9. The van der Waals surface area contributed by atoms with Crippen LogP contribution in [0.5, 0.6) is 0 Å². The maximum atomic E-state index is 5.08. The fourth-order valence-electron chi connectivity index (χ4n) is 9.72. The SMILES string of the molecule is c1ccc(-c2nc(-c3ccccc3)nc(-c3ccc(-c4ccc5c(-c6cccc7cc(-c8ccc(-c9nc(-c%10ccccc%10)nc(-c%10cccc%11ccccc%10%11)n9)cc8)ccc67)cccc5c4)cc3)n2)cc1. The van der Waals surface area contributed by atoms with E-state index in [1.807, 2.05) is 91.0 Å². The fraction of sp³-hybridized carbons (Fsp3) is 0. The van der Waals surface area contributed by atoms with Crippen molar-refractivity contribution in [2.24, 2.45) is 0 Å². The van der Waals surface area contributed by atoms with Gasteiger partial charge in [-0.1, -0.05) is 243 Å². The first-order chi connectivity index (χ1) is 35.6. The largest absolute Gasteiger partial charge is 0.208 e. The van der Waals surface area contributed by atoms with E-state index in [1.54, 1.807) is 0 Å². The van der Waals surface area contributed by atoms with Gasteiger partial charge in [0.15, 0.2) is 34.9 Å². The summed E-state index contributed by atoms with van der Waals surface area (Å²) in [4.78, 5) is 29.8. The summed E-state index contributed by atoms with van der Waals surface area (Å²) >= 11 is 0. The molecule has 0 saturated carbocycles. The summed E-state index contributed by atoms with van der Waals surface area (Å²) in [6.07, 6.45) is 0. The molecule has 11 aromatic carbocycles. The topological polar surface area (TPSA) is 77.3 Å². The van der Waals surface area contributed by atoms with Crippen molar-refractivity contribution in [2.75, 3.05) is 0 Å². The molecule has 6 heteroatoms. The van der Waals surface area contributed by atoms with Crippen molar-refractivity contribution in [1.82, 2.24) is 29.9 Å². The molecule has 0 amide bonds. The van der Waals surface area contributed by atoms with Gasteiger partial charge in [-0.3, -0.25) is 0 Å². The molecule has 13 aromatic rings. The van der Waals surface area contributed by atoms with Crippen molar-refractivity contribution in [3.63, 3.8) is 0 Å². The van der Waals surface area contributed by atoms with Crippen molar-refractivity contribution in [3.8, 4) is 102 Å². The van der Waals surface area contributed by atoms with Gasteiger partial charge in [-0.25, -0.2) is 29.9 Å². The van der Waals surface area contributed by atoms with Gasteiger partial charge in [0, 0.05) is 33.4 Å². The van der Waals surface area contributed by atoms with Crippen LogP contribution in [0.3, 0.4) is 0 Å². The number of fused-ring (bicyclic) bond motifs is 3. The van der Waals surface area contributed by atoms with Gasteiger partial charge in [0.05, 0.1) is 0 Å². The summed E-state index contributed by atoms with van der Waals surface area (Å²) in [5.41, 5.74) is 12.6. The van der Waals surface area contributed by atoms with Gasteiger partial charge in [-0.2, -0.15) is 0 Å². The molecule has 0 bridgehead atoms. The molecule has 0 radical (unpaired) electrons. The van der Waals surface area contributed by atoms with Gasteiger partial charge in [-0.05, 0) is 77.8 Å². The van der Waals surface area contributed by atoms with Crippen LogP contribution < -0.4 is 0 Å². The van der Waals surface area contributed by atoms with E-state index in [4.69, 9.17) is 29.9 Å². The highest BCUT2D eigenvalue weighted by atomic mass is 15.0. The number of nitrogens with zero attached hydrogens (tertiary/aromatic N) is 6. The highest BCUT2D eigenvalue weighted by Gasteiger charge is 2.17. The molecule has 0 saturated heterocycles. The lowest BCUT2D eigenvalue weighted by molar-refractivity contribution is 1.07. The first-order valence-electron chi connectivity index (χ1n) is 24.1. The van der Waals surface area contributed by atoms with Gasteiger partial charge in [0.1, 0.15) is 0 Å². The quantitative estimate of drug-likeness (QED) is 0.144. The number of rotatable bonds is 9. The Hall–Kier alpha value is -9.78. The minimum atomic E-state index is 0.633. The molecule has 0 unspecified atom stereocenters. The second kappa shape index (κ2) is 18.3. The Morgan fingerprint density at radius 2 is 0.458 bits per heavy atom. The lowest BCUT2D eigenvalue weighted by Crippen LogP contribution is -2.00. The normalized spacial score (nSPS) is 11.3. The molecule has 0 fully saturated rings. The molecular formula is C66H42N6. The van der Waals surface area contributed by atoms with Crippen LogP contribution in [0.25, 0.3) is 134 Å². The molecule has 0 spiro atoms. The van der Waals surface area contributed by atoms with Crippen LogP contribution in [0.15, 0.2) is 255 Å². The molecule has 6 nitrogen and oxygen atoms in total. The summed E-state index contributed by atoms with van der Waals surface area (Å²) in [6.45, 7) is 0. The first kappa shape index (κ1) is 42.3. The molecule has 13 rings (SSSR count). The number of hydrogen-bond acceptors (Lipinski definition) is 6. The lowest BCUT2D eigenvalue weighted by atomic mass is 9.91. The van der Waals surface area contributed by atoms with Crippen molar-refractivity contribution in [3.05, 3.63) is 255 Å². The van der Waals surface area contributed by atoms with Crippen molar-refractivity contribution in [1.29, 1.82) is 0 Å². The average molecular weight is 919 g/mol. The summed E-state index contributed by atoms with van der Waals surface area (Å²) < 4.78 is 0. The zero-order valence-corrected chi connectivity index (χ0v) is 38.9. The second-order valence-electron chi connectivity index (χ2n) is 17.9. The van der Waals surface area contributed by atoms with E-state index in [0.29, 0.717) is 34.9 Å². The minimum absolute atomic E-state index is 0.633. The van der Waals surface area contributed by atoms with Gasteiger partial charge in [0.2, 0.25) is 0 Å². The molecule has 336 valence electrons. The van der Waals surface area contributed by atoms with Gasteiger partial charge >= 0.3 is 0 Å². The van der Waals surface area contributed by atoms with E-state index in [2.05, 4.69) is 164 Å². The first-order valence-corrected chi connectivity index (χ1v) is 24.1. The Kier molecular flexibility index (Phi) is 10.7. The molecule has 0 aliphatic heterocycles. The Labute approximate surface area is 416 Å². The smallest absolute Gasteiger partial charge is 0.164 e. The Bertz CT molecular complexity index is 4060. The third kappa shape index (κ3) is 8.13. The van der Waals surface area contributed by atoms with Gasteiger partial charge < -0.3 is 0 Å². The predicted octanol–water partition coefficient (Wildman–Crippen LogP) is 16.5. The standard InChI is InChI=1S/C66H42N6/c1-4-16-46(17-5-1)61-67-62(47-18-6-2-7-19-47)69-64(68-61)49-33-29-43(30-34-49)51-37-39-56-53(41-51)23-13-26-58(56)59-27-14-24-54-42-52(38-40-57(54)59)44-31-35-50(36-32-44)65-70-63(48-20-8-3-9-21-48)71-66(72-65)60-28-12-22-45-15-10-11-25-55(45)60/h1-42H. The highest BCUT2D eigenvalue weighted by Crippen LogP contribution is 2.38. The van der Waals surface area contributed by atoms with Crippen molar-refractivity contribution in [2.45, 2.75) is 0 Å². The van der Waals surface area contributed by atoms with E-state index in [9.17, 15) is 0 Å². The van der Waals surface area contributed by atoms with Gasteiger partial charge in [-0.15, -0.1) is 0 Å². The summed E-state index contributed by atoms with van der Waals surface area (Å²) in [6, 6.07) is 88.7. The van der Waals surface area contributed by atoms with Crippen LogP contribution in [-0.4, -0.2) is 29.9 Å². The van der Waals surface area contributed by atoms with Crippen LogP contribution in [0.2, 0.25) is 0 Å². The highest BCUT2D eigenvalue weighted by molar-refractivity contribution is 6.07. The molecule has 0 aliphatic carbocycles. The van der Waals surface area contributed by atoms with Crippen LogP contribution in [0.4, 0.5) is 0 Å². The average Bonchev–Trinajstić information content (AvgIpc) is 3.47. The Morgan fingerprint density at radius 3 is 0.889 bits per heavy atom. The van der Waals surface area contributed by atoms with Crippen molar-refractivity contribution >= 4 is 32.3 Å². The number of hydrogen-bond donors (Lipinski definition) is 0. The van der Waals surface area contributed by atoms with Gasteiger partial charge in [0.25, 0.3) is 0 Å². The number of benzene rings is 11. The molecule has 0 aliphatic rings. The van der Waals surface area contributed by atoms with Crippen LogP contribution in [-0.2, 0) is 0 Å². The molecule has 72 heavy (non-hydrogen) atoms.